The van der Waals surface area contributed by atoms with Gasteiger partial charge < -0.3 is 9.90 Å². The standard InChI is InChI=1S/C10H14N2O2S/c1-6-8(4-5-9(13)14)7(2)12-10(11-6)15-3/h4-5H2,1-3H3,(H,13,14)/p-1. The lowest BCUT2D eigenvalue weighted by atomic mass is 10.1. The summed E-state index contributed by atoms with van der Waals surface area (Å²) in [5.74, 6) is -1.04. The van der Waals surface area contributed by atoms with E-state index in [9.17, 15) is 9.90 Å². The number of aryl methyl sites for hydroxylation is 2. The fraction of sp³-hybridized carbons (Fsp3) is 0.500. The SMILES string of the molecule is CSc1nc(C)c(CCC(=O)[O-])c(C)n1. The highest BCUT2D eigenvalue weighted by molar-refractivity contribution is 7.98. The van der Waals surface area contributed by atoms with Gasteiger partial charge in [-0.1, -0.05) is 11.8 Å². The molecule has 0 saturated heterocycles. The zero-order valence-electron chi connectivity index (χ0n) is 9.03. The smallest absolute Gasteiger partial charge is 0.187 e. The Hall–Kier alpha value is -1.10. The number of hydrogen-bond donors (Lipinski definition) is 0. The summed E-state index contributed by atoms with van der Waals surface area (Å²) < 4.78 is 0. The van der Waals surface area contributed by atoms with E-state index >= 15 is 0 Å². The molecule has 82 valence electrons. The normalized spacial score (nSPS) is 10.3. The van der Waals surface area contributed by atoms with Gasteiger partial charge in [0.15, 0.2) is 5.16 Å². The molecule has 0 aliphatic carbocycles. The fourth-order valence-electron chi connectivity index (χ4n) is 1.39. The average Bonchev–Trinajstić information content (AvgIpc) is 2.15. The van der Waals surface area contributed by atoms with Crippen LogP contribution in [0.5, 0.6) is 0 Å². The number of carbonyl (C=O) groups excluding carboxylic acids is 1. The van der Waals surface area contributed by atoms with Crippen LogP contribution in [0, 0.1) is 13.8 Å². The first-order valence-electron chi connectivity index (χ1n) is 4.62. The molecule has 0 aliphatic rings. The van der Waals surface area contributed by atoms with Crippen LogP contribution in [-0.4, -0.2) is 22.2 Å². The van der Waals surface area contributed by atoms with Gasteiger partial charge in [0.25, 0.3) is 0 Å². The maximum absolute atomic E-state index is 10.4. The Morgan fingerprint density at radius 1 is 1.33 bits per heavy atom. The topological polar surface area (TPSA) is 65.9 Å². The van der Waals surface area contributed by atoms with E-state index in [0.29, 0.717) is 6.42 Å². The first-order valence-corrected chi connectivity index (χ1v) is 5.85. The number of carbonyl (C=O) groups is 1. The Morgan fingerprint density at radius 2 is 1.87 bits per heavy atom. The molecule has 0 spiro atoms. The largest absolute Gasteiger partial charge is 0.550 e. The lowest BCUT2D eigenvalue weighted by molar-refractivity contribution is -0.305. The molecule has 0 amide bonds. The van der Waals surface area contributed by atoms with Gasteiger partial charge in [0, 0.05) is 17.4 Å². The third-order valence-electron chi connectivity index (χ3n) is 2.16. The molecule has 0 atom stereocenters. The molecule has 0 radical (unpaired) electrons. The van der Waals surface area contributed by atoms with Gasteiger partial charge in [0.1, 0.15) is 0 Å². The number of carboxylic acids is 1. The molecule has 0 bridgehead atoms. The van der Waals surface area contributed by atoms with E-state index in [4.69, 9.17) is 0 Å². The molecule has 0 unspecified atom stereocenters. The average molecular weight is 225 g/mol. The van der Waals surface area contributed by atoms with Gasteiger partial charge in [-0.05, 0) is 38.5 Å². The first kappa shape index (κ1) is 12.0. The second-order valence-corrected chi connectivity index (χ2v) is 4.01. The van der Waals surface area contributed by atoms with Crippen molar-refractivity contribution < 1.29 is 9.90 Å². The Bertz CT molecular complexity index is 357. The van der Waals surface area contributed by atoms with Crippen molar-refractivity contribution in [1.29, 1.82) is 0 Å². The molecule has 4 nitrogen and oxygen atoms in total. The van der Waals surface area contributed by atoms with E-state index in [1.165, 1.54) is 11.8 Å². The van der Waals surface area contributed by atoms with Crippen molar-refractivity contribution >= 4 is 17.7 Å². The van der Waals surface area contributed by atoms with Crippen molar-refractivity contribution in [3.8, 4) is 0 Å². The maximum atomic E-state index is 10.4. The highest BCUT2D eigenvalue weighted by Crippen LogP contribution is 2.16. The van der Waals surface area contributed by atoms with Crippen molar-refractivity contribution in [2.45, 2.75) is 31.8 Å². The zero-order chi connectivity index (χ0) is 11.4. The number of hydrogen-bond acceptors (Lipinski definition) is 5. The molecule has 0 aliphatic heterocycles. The van der Waals surface area contributed by atoms with Crippen LogP contribution in [0.15, 0.2) is 5.16 Å². The van der Waals surface area contributed by atoms with E-state index in [2.05, 4.69) is 9.97 Å². The predicted molar refractivity (Wildman–Crippen MR) is 56.6 cm³/mol. The van der Waals surface area contributed by atoms with Crippen molar-refractivity contribution in [3.63, 3.8) is 0 Å². The van der Waals surface area contributed by atoms with E-state index < -0.39 is 5.97 Å². The quantitative estimate of drug-likeness (QED) is 0.551. The number of thioether (sulfide) groups is 1. The Labute approximate surface area is 93.1 Å². The Balaban J connectivity index is 2.92. The second kappa shape index (κ2) is 5.11. The predicted octanol–water partition coefficient (Wildman–Crippen LogP) is 0.498. The van der Waals surface area contributed by atoms with Gasteiger partial charge in [-0.2, -0.15) is 0 Å². The second-order valence-electron chi connectivity index (χ2n) is 3.23. The van der Waals surface area contributed by atoms with E-state index in [1.54, 1.807) is 0 Å². The number of aromatic nitrogens is 2. The number of nitrogens with zero attached hydrogens (tertiary/aromatic N) is 2. The monoisotopic (exact) mass is 225 g/mol. The van der Waals surface area contributed by atoms with Crippen LogP contribution in [0.3, 0.4) is 0 Å². The highest BCUT2D eigenvalue weighted by atomic mass is 32.2. The van der Waals surface area contributed by atoms with Gasteiger partial charge in [-0.3, -0.25) is 0 Å². The first-order chi connectivity index (χ1) is 7.04. The van der Waals surface area contributed by atoms with E-state index in [1.807, 2.05) is 20.1 Å². The molecule has 15 heavy (non-hydrogen) atoms. The molecule has 1 rings (SSSR count). The molecule has 1 heterocycles. The summed E-state index contributed by atoms with van der Waals surface area (Å²) in [5.41, 5.74) is 2.62. The minimum Gasteiger partial charge on any atom is -0.550 e. The molecule has 1 aromatic rings. The maximum Gasteiger partial charge on any atom is 0.187 e. The van der Waals surface area contributed by atoms with Gasteiger partial charge in [-0.25, -0.2) is 9.97 Å². The van der Waals surface area contributed by atoms with Gasteiger partial charge in [-0.15, -0.1) is 0 Å². The van der Waals surface area contributed by atoms with Gasteiger partial charge in [0.05, 0.1) is 0 Å². The summed E-state index contributed by atoms with van der Waals surface area (Å²) in [5, 5.41) is 11.1. The lowest BCUT2D eigenvalue weighted by Gasteiger charge is -2.09. The van der Waals surface area contributed by atoms with Crippen LogP contribution in [0.1, 0.15) is 23.4 Å². The van der Waals surface area contributed by atoms with Gasteiger partial charge in [0.2, 0.25) is 0 Å². The Morgan fingerprint density at radius 3 is 2.27 bits per heavy atom. The molecule has 5 heteroatoms. The summed E-state index contributed by atoms with van der Waals surface area (Å²) in [4.78, 5) is 18.9. The van der Waals surface area contributed by atoms with E-state index in [-0.39, 0.29) is 6.42 Å². The fourth-order valence-corrected chi connectivity index (χ4v) is 1.85. The number of aliphatic carboxylic acids is 1. The van der Waals surface area contributed by atoms with E-state index in [0.717, 1.165) is 22.1 Å². The summed E-state index contributed by atoms with van der Waals surface area (Å²) in [6.07, 6.45) is 2.37. The lowest BCUT2D eigenvalue weighted by Crippen LogP contribution is -2.22. The molecular weight excluding hydrogens is 212 g/mol. The van der Waals surface area contributed by atoms with Crippen LogP contribution in [-0.2, 0) is 11.2 Å². The summed E-state index contributed by atoms with van der Waals surface area (Å²) in [6.45, 7) is 3.75. The van der Waals surface area contributed by atoms with Crippen LogP contribution in [0.4, 0.5) is 0 Å². The third-order valence-corrected chi connectivity index (χ3v) is 2.71. The summed E-state index contributed by atoms with van der Waals surface area (Å²) >= 11 is 1.48. The van der Waals surface area contributed by atoms with Crippen molar-refractivity contribution in [1.82, 2.24) is 9.97 Å². The molecule has 0 saturated carbocycles. The third kappa shape index (κ3) is 3.20. The zero-order valence-corrected chi connectivity index (χ0v) is 9.85. The van der Waals surface area contributed by atoms with Crippen LogP contribution in [0.2, 0.25) is 0 Å². The number of carboxylic acid groups (broad SMARTS) is 1. The van der Waals surface area contributed by atoms with Crippen molar-refractivity contribution in [2.75, 3.05) is 6.26 Å². The van der Waals surface area contributed by atoms with Crippen LogP contribution >= 0.6 is 11.8 Å². The van der Waals surface area contributed by atoms with Crippen molar-refractivity contribution in [2.24, 2.45) is 0 Å². The minimum atomic E-state index is -1.04. The molecular formula is C10H13N2O2S-. The van der Waals surface area contributed by atoms with Gasteiger partial charge >= 0.3 is 0 Å². The molecule has 0 aromatic carbocycles. The molecule has 1 aromatic heterocycles. The minimum absolute atomic E-state index is 0.0175. The number of rotatable bonds is 4. The molecule has 0 fully saturated rings. The Kier molecular flexibility index (Phi) is 4.08. The van der Waals surface area contributed by atoms with Crippen molar-refractivity contribution in [3.05, 3.63) is 17.0 Å². The summed E-state index contributed by atoms with van der Waals surface area (Å²) in [6, 6.07) is 0. The van der Waals surface area contributed by atoms with Crippen LogP contribution in [0.25, 0.3) is 0 Å². The highest BCUT2D eigenvalue weighted by Gasteiger charge is 2.07. The summed E-state index contributed by atoms with van der Waals surface area (Å²) in [7, 11) is 0. The van der Waals surface area contributed by atoms with Crippen LogP contribution < -0.4 is 5.11 Å². The molecule has 0 N–H and O–H groups in total.